The van der Waals surface area contributed by atoms with Crippen LogP contribution in [-0.2, 0) is 12.1 Å². The molecule has 0 unspecified atom stereocenters. The SMILES string of the molecule is COc1cc(C(C)(C)F)cc(CCCCN)c1OC. The lowest BCUT2D eigenvalue weighted by Crippen LogP contribution is -2.11. The van der Waals surface area contributed by atoms with Crippen LogP contribution in [0.4, 0.5) is 4.39 Å². The van der Waals surface area contributed by atoms with E-state index in [1.165, 1.54) is 13.8 Å². The third-order valence-electron chi connectivity index (χ3n) is 3.14. The fraction of sp³-hybridized carbons (Fsp3) is 0.600. The van der Waals surface area contributed by atoms with E-state index in [0.717, 1.165) is 24.8 Å². The number of methoxy groups -OCH3 is 2. The summed E-state index contributed by atoms with van der Waals surface area (Å²) in [5.74, 6) is 1.26. The zero-order valence-corrected chi connectivity index (χ0v) is 12.3. The van der Waals surface area contributed by atoms with Crippen molar-refractivity contribution < 1.29 is 13.9 Å². The fourth-order valence-corrected chi connectivity index (χ4v) is 2.03. The summed E-state index contributed by atoms with van der Waals surface area (Å²) in [6, 6.07) is 3.56. The zero-order chi connectivity index (χ0) is 14.5. The van der Waals surface area contributed by atoms with Gasteiger partial charge in [-0.2, -0.15) is 0 Å². The van der Waals surface area contributed by atoms with E-state index in [4.69, 9.17) is 15.2 Å². The third-order valence-corrected chi connectivity index (χ3v) is 3.14. The third kappa shape index (κ3) is 4.10. The second kappa shape index (κ2) is 6.75. The van der Waals surface area contributed by atoms with Crippen molar-refractivity contribution in [2.24, 2.45) is 5.73 Å². The van der Waals surface area contributed by atoms with Crippen LogP contribution in [0.1, 0.15) is 37.8 Å². The molecule has 0 saturated heterocycles. The van der Waals surface area contributed by atoms with E-state index in [0.29, 0.717) is 23.6 Å². The van der Waals surface area contributed by atoms with E-state index in [1.807, 2.05) is 6.07 Å². The molecule has 19 heavy (non-hydrogen) atoms. The van der Waals surface area contributed by atoms with E-state index < -0.39 is 5.67 Å². The van der Waals surface area contributed by atoms with Gasteiger partial charge in [-0.1, -0.05) is 0 Å². The Morgan fingerprint density at radius 1 is 1.16 bits per heavy atom. The molecule has 2 N–H and O–H groups in total. The molecule has 0 atom stereocenters. The van der Waals surface area contributed by atoms with Gasteiger partial charge in [0, 0.05) is 0 Å². The van der Waals surface area contributed by atoms with Crippen molar-refractivity contribution in [3.8, 4) is 11.5 Å². The van der Waals surface area contributed by atoms with Crippen LogP contribution in [-0.4, -0.2) is 20.8 Å². The summed E-state index contributed by atoms with van der Waals surface area (Å²) in [6.45, 7) is 3.74. The van der Waals surface area contributed by atoms with Gasteiger partial charge in [0.15, 0.2) is 11.5 Å². The Bertz CT molecular complexity index is 413. The van der Waals surface area contributed by atoms with E-state index >= 15 is 0 Å². The molecule has 0 bridgehead atoms. The molecule has 4 heteroatoms. The van der Waals surface area contributed by atoms with Crippen molar-refractivity contribution in [3.05, 3.63) is 23.3 Å². The summed E-state index contributed by atoms with van der Waals surface area (Å²) in [5.41, 5.74) is 5.67. The van der Waals surface area contributed by atoms with Crippen LogP contribution in [0.3, 0.4) is 0 Å². The number of benzene rings is 1. The molecular weight excluding hydrogens is 245 g/mol. The van der Waals surface area contributed by atoms with Gasteiger partial charge in [-0.3, -0.25) is 0 Å². The Kier molecular flexibility index (Phi) is 5.60. The van der Waals surface area contributed by atoms with Crippen LogP contribution >= 0.6 is 0 Å². The van der Waals surface area contributed by atoms with Crippen molar-refractivity contribution in [1.29, 1.82) is 0 Å². The van der Waals surface area contributed by atoms with Crippen LogP contribution in [0.25, 0.3) is 0 Å². The van der Waals surface area contributed by atoms with E-state index in [1.54, 1.807) is 20.3 Å². The highest BCUT2D eigenvalue weighted by molar-refractivity contribution is 5.50. The largest absolute Gasteiger partial charge is 0.493 e. The first kappa shape index (κ1) is 15.8. The number of hydrogen-bond acceptors (Lipinski definition) is 3. The molecule has 1 aromatic carbocycles. The zero-order valence-electron chi connectivity index (χ0n) is 12.3. The Labute approximate surface area is 114 Å². The van der Waals surface area contributed by atoms with Crippen molar-refractivity contribution >= 4 is 0 Å². The number of ether oxygens (including phenoxy) is 2. The van der Waals surface area contributed by atoms with E-state index in [2.05, 4.69) is 0 Å². The quantitative estimate of drug-likeness (QED) is 0.773. The molecule has 0 aliphatic heterocycles. The van der Waals surface area contributed by atoms with Gasteiger partial charge < -0.3 is 15.2 Å². The maximum absolute atomic E-state index is 14.1. The van der Waals surface area contributed by atoms with Gasteiger partial charge in [0.25, 0.3) is 0 Å². The summed E-state index contributed by atoms with van der Waals surface area (Å²) in [4.78, 5) is 0. The topological polar surface area (TPSA) is 44.5 Å². The Morgan fingerprint density at radius 3 is 2.32 bits per heavy atom. The highest BCUT2D eigenvalue weighted by atomic mass is 19.1. The van der Waals surface area contributed by atoms with Crippen LogP contribution in [0.15, 0.2) is 12.1 Å². The molecule has 0 aliphatic carbocycles. The Morgan fingerprint density at radius 2 is 1.84 bits per heavy atom. The normalized spacial score (nSPS) is 11.5. The monoisotopic (exact) mass is 269 g/mol. The molecular formula is C15H24FNO2. The second-order valence-electron chi connectivity index (χ2n) is 5.09. The van der Waals surface area contributed by atoms with Crippen molar-refractivity contribution in [3.63, 3.8) is 0 Å². The molecule has 1 rings (SSSR count). The summed E-state index contributed by atoms with van der Waals surface area (Å²) < 4.78 is 24.8. The number of aryl methyl sites for hydroxylation is 1. The van der Waals surface area contributed by atoms with Gasteiger partial charge in [0.05, 0.1) is 14.2 Å². The number of hydrogen-bond donors (Lipinski definition) is 1. The summed E-state index contributed by atoms with van der Waals surface area (Å²) >= 11 is 0. The van der Waals surface area contributed by atoms with Crippen molar-refractivity contribution in [2.45, 2.75) is 38.8 Å². The van der Waals surface area contributed by atoms with E-state index in [9.17, 15) is 4.39 Å². The van der Waals surface area contributed by atoms with Crippen LogP contribution in [0.5, 0.6) is 11.5 Å². The number of halogens is 1. The number of alkyl halides is 1. The summed E-state index contributed by atoms with van der Waals surface area (Å²) in [5, 5.41) is 0. The lowest BCUT2D eigenvalue weighted by atomic mass is 9.95. The number of nitrogens with two attached hydrogens (primary N) is 1. The van der Waals surface area contributed by atoms with Gasteiger partial charge in [0.2, 0.25) is 0 Å². The average Bonchev–Trinajstić information content (AvgIpc) is 2.36. The highest BCUT2D eigenvalue weighted by Gasteiger charge is 2.23. The van der Waals surface area contributed by atoms with Gasteiger partial charge >= 0.3 is 0 Å². The molecule has 0 aliphatic rings. The molecule has 0 fully saturated rings. The Hall–Kier alpha value is -1.29. The molecule has 1 aromatic rings. The maximum atomic E-state index is 14.1. The molecule has 3 nitrogen and oxygen atoms in total. The molecule has 0 heterocycles. The minimum absolute atomic E-state index is 0.577. The first-order valence-electron chi connectivity index (χ1n) is 6.58. The van der Waals surface area contributed by atoms with Gasteiger partial charge in [-0.25, -0.2) is 4.39 Å². The molecule has 108 valence electrons. The summed E-state index contributed by atoms with van der Waals surface area (Å²) in [6.07, 6.45) is 2.70. The molecule has 0 saturated carbocycles. The lowest BCUT2D eigenvalue weighted by Gasteiger charge is -2.20. The first-order valence-corrected chi connectivity index (χ1v) is 6.58. The predicted molar refractivity (Wildman–Crippen MR) is 75.7 cm³/mol. The van der Waals surface area contributed by atoms with Gasteiger partial charge in [0.1, 0.15) is 5.67 Å². The first-order chi connectivity index (χ1) is 8.93. The molecule has 0 radical (unpaired) electrons. The van der Waals surface area contributed by atoms with Crippen molar-refractivity contribution in [2.75, 3.05) is 20.8 Å². The Balaban J connectivity index is 3.16. The second-order valence-corrected chi connectivity index (χ2v) is 5.09. The van der Waals surface area contributed by atoms with E-state index in [-0.39, 0.29) is 0 Å². The molecule has 0 aromatic heterocycles. The highest BCUT2D eigenvalue weighted by Crippen LogP contribution is 2.37. The predicted octanol–water partition coefficient (Wildman–Crippen LogP) is 3.19. The fourth-order valence-electron chi connectivity index (χ4n) is 2.03. The lowest BCUT2D eigenvalue weighted by molar-refractivity contribution is 0.220. The average molecular weight is 269 g/mol. The maximum Gasteiger partial charge on any atom is 0.163 e. The smallest absolute Gasteiger partial charge is 0.163 e. The standard InChI is InChI=1S/C15H24FNO2/c1-15(2,16)12-9-11(7-5-6-8-17)14(19-4)13(10-12)18-3/h9-10H,5-8,17H2,1-4H3. The molecule has 0 amide bonds. The molecule has 0 spiro atoms. The number of rotatable bonds is 7. The minimum atomic E-state index is -1.40. The number of unbranched alkanes of at least 4 members (excludes halogenated alkanes) is 1. The minimum Gasteiger partial charge on any atom is -0.493 e. The van der Waals surface area contributed by atoms with Gasteiger partial charge in [-0.15, -0.1) is 0 Å². The van der Waals surface area contributed by atoms with Crippen LogP contribution in [0.2, 0.25) is 0 Å². The van der Waals surface area contributed by atoms with Crippen LogP contribution in [0, 0.1) is 0 Å². The van der Waals surface area contributed by atoms with Crippen molar-refractivity contribution in [1.82, 2.24) is 0 Å². The van der Waals surface area contributed by atoms with Crippen LogP contribution < -0.4 is 15.2 Å². The summed E-state index contributed by atoms with van der Waals surface area (Å²) in [7, 11) is 3.17. The van der Waals surface area contributed by atoms with Gasteiger partial charge in [-0.05, 0) is 62.9 Å².